The number of carboxylic acid groups (broad SMARTS) is 2. The fourth-order valence-electron chi connectivity index (χ4n) is 0. The zero-order chi connectivity index (χ0) is 5.15. The summed E-state index contributed by atoms with van der Waals surface area (Å²) in [4.78, 5) is 18.0. The summed E-state index contributed by atoms with van der Waals surface area (Å²) in [5.74, 6) is -4.01. The van der Waals surface area contributed by atoms with Gasteiger partial charge in [-0.3, -0.25) is 0 Å². The van der Waals surface area contributed by atoms with E-state index in [0.717, 1.165) is 0 Å². The standard InChI is InChI=1S/C2H2O4.K.Ti/c3-1(4)2(5)6;;/h(H,3,4)(H,5,6);;/q;+1;/p-1. The third-order valence-electron chi connectivity index (χ3n) is 0.175. The minimum absolute atomic E-state index is 0. The summed E-state index contributed by atoms with van der Waals surface area (Å²) in [6.45, 7) is 0. The van der Waals surface area contributed by atoms with Crippen LogP contribution in [0.2, 0.25) is 0 Å². The van der Waals surface area contributed by atoms with Crippen molar-refractivity contribution in [1.29, 1.82) is 0 Å². The molecule has 0 atom stereocenters. The van der Waals surface area contributed by atoms with Gasteiger partial charge in [-0.25, -0.2) is 4.79 Å². The molecule has 0 aromatic heterocycles. The molecule has 0 spiro atoms. The fraction of sp³-hybridized carbons (Fsp3) is 0. The average molecular weight is 176 g/mol. The molecule has 0 radical (unpaired) electrons. The number of carboxylic acids is 2. The molecule has 0 aliphatic heterocycles. The van der Waals surface area contributed by atoms with Crippen molar-refractivity contribution in [2.75, 3.05) is 0 Å². The van der Waals surface area contributed by atoms with Crippen molar-refractivity contribution in [3.05, 3.63) is 0 Å². The van der Waals surface area contributed by atoms with Crippen LogP contribution < -0.4 is 56.5 Å². The minimum Gasteiger partial charge on any atom is -0.539 e. The van der Waals surface area contributed by atoms with Crippen LogP contribution in [-0.4, -0.2) is 17.0 Å². The first-order chi connectivity index (χ1) is 2.64. The van der Waals surface area contributed by atoms with Gasteiger partial charge in [0.2, 0.25) is 0 Å². The summed E-state index contributed by atoms with van der Waals surface area (Å²) in [5.41, 5.74) is 0. The Hall–Kier alpha value is 1.29. The predicted octanol–water partition coefficient (Wildman–Crippen LogP) is -5.18. The van der Waals surface area contributed by atoms with Gasteiger partial charge in [0.15, 0.2) is 5.97 Å². The molecule has 0 heterocycles. The molecule has 0 fully saturated rings. The van der Waals surface area contributed by atoms with Crippen LogP contribution in [0.3, 0.4) is 0 Å². The van der Waals surface area contributed by atoms with Crippen LogP contribution in [0.5, 0.6) is 0 Å². The summed E-state index contributed by atoms with van der Waals surface area (Å²) < 4.78 is 0. The molecule has 6 heteroatoms. The normalized spacial score (nSPS) is 5.50. The summed E-state index contributed by atoms with van der Waals surface area (Å²) in [7, 11) is 0. The Morgan fingerprint density at radius 3 is 1.50 bits per heavy atom. The van der Waals surface area contributed by atoms with Crippen molar-refractivity contribution in [3.8, 4) is 0 Å². The van der Waals surface area contributed by atoms with Crippen molar-refractivity contribution >= 4 is 11.9 Å². The molecule has 1 N–H and O–H groups in total. The van der Waals surface area contributed by atoms with Gasteiger partial charge in [-0.2, -0.15) is 0 Å². The van der Waals surface area contributed by atoms with E-state index < -0.39 is 11.9 Å². The van der Waals surface area contributed by atoms with Crippen LogP contribution in [-0.2, 0) is 31.3 Å². The number of aliphatic carboxylic acids is 2. The Balaban J connectivity index is -0.000000125. The molecule has 0 aliphatic carbocycles. The third-order valence-corrected chi connectivity index (χ3v) is 0.175. The maximum Gasteiger partial charge on any atom is 1.00 e. The van der Waals surface area contributed by atoms with Crippen LogP contribution in [0.15, 0.2) is 0 Å². The largest absolute Gasteiger partial charge is 1.00 e. The second kappa shape index (κ2) is 8.29. The SMILES string of the molecule is O=C([O-])C(=O)O.[K+].[Ti]. The number of carbonyl (C=O) groups is 2. The molecular formula is C2HKO4Ti. The Kier molecular flexibility index (Phi) is 16.7. The monoisotopic (exact) mass is 176 g/mol. The van der Waals surface area contributed by atoms with Gasteiger partial charge in [0.1, 0.15) is 0 Å². The summed E-state index contributed by atoms with van der Waals surface area (Å²) in [6.07, 6.45) is 0. The van der Waals surface area contributed by atoms with Gasteiger partial charge in [0, 0.05) is 21.7 Å². The van der Waals surface area contributed by atoms with Crippen molar-refractivity contribution < 1.29 is 92.9 Å². The van der Waals surface area contributed by atoms with E-state index in [2.05, 4.69) is 0 Å². The zero-order valence-corrected chi connectivity index (χ0v) is 8.86. The molecule has 0 aliphatic rings. The molecule has 8 heavy (non-hydrogen) atoms. The second-order valence-electron chi connectivity index (χ2n) is 0.593. The van der Waals surface area contributed by atoms with Gasteiger partial charge in [-0.15, -0.1) is 0 Å². The van der Waals surface area contributed by atoms with E-state index in [0.29, 0.717) is 0 Å². The van der Waals surface area contributed by atoms with E-state index in [1.165, 1.54) is 0 Å². The van der Waals surface area contributed by atoms with Gasteiger partial charge in [-0.05, 0) is 0 Å². The molecule has 0 saturated carbocycles. The molecule has 0 saturated heterocycles. The molecule has 0 amide bonds. The number of carbonyl (C=O) groups excluding carboxylic acids is 1. The Morgan fingerprint density at radius 2 is 1.50 bits per heavy atom. The third kappa shape index (κ3) is 10.3. The molecule has 0 bridgehead atoms. The Bertz CT molecular complexity index is 80.0. The average Bonchev–Trinajstić information content (AvgIpc) is 1.36. The van der Waals surface area contributed by atoms with Crippen LogP contribution in [0.4, 0.5) is 0 Å². The summed E-state index contributed by atoms with van der Waals surface area (Å²) >= 11 is 0. The first-order valence-corrected chi connectivity index (χ1v) is 1.09. The Labute approximate surface area is 103 Å². The van der Waals surface area contributed by atoms with E-state index >= 15 is 0 Å². The van der Waals surface area contributed by atoms with Gasteiger partial charge < -0.3 is 15.0 Å². The number of rotatable bonds is 0. The van der Waals surface area contributed by atoms with Crippen molar-refractivity contribution in [3.63, 3.8) is 0 Å². The summed E-state index contributed by atoms with van der Waals surface area (Å²) in [5, 5.41) is 16.3. The maximum atomic E-state index is 9.04. The van der Waals surface area contributed by atoms with Crippen LogP contribution >= 0.6 is 0 Å². The zero-order valence-electron chi connectivity index (χ0n) is 4.17. The Morgan fingerprint density at radius 1 is 1.38 bits per heavy atom. The van der Waals surface area contributed by atoms with E-state index in [1.807, 2.05) is 0 Å². The van der Waals surface area contributed by atoms with Crippen LogP contribution in [0.1, 0.15) is 0 Å². The van der Waals surface area contributed by atoms with E-state index in [-0.39, 0.29) is 73.1 Å². The second-order valence-corrected chi connectivity index (χ2v) is 0.593. The van der Waals surface area contributed by atoms with E-state index in [4.69, 9.17) is 19.8 Å². The predicted molar refractivity (Wildman–Crippen MR) is 12.6 cm³/mol. The van der Waals surface area contributed by atoms with Crippen molar-refractivity contribution in [2.24, 2.45) is 0 Å². The molecule has 0 rings (SSSR count). The molecule has 38 valence electrons. The van der Waals surface area contributed by atoms with Gasteiger partial charge in [0.05, 0.1) is 0 Å². The summed E-state index contributed by atoms with van der Waals surface area (Å²) in [6, 6.07) is 0. The molecule has 0 aromatic carbocycles. The van der Waals surface area contributed by atoms with Gasteiger partial charge in [-0.1, -0.05) is 0 Å². The molecular weight excluding hydrogens is 175 g/mol. The van der Waals surface area contributed by atoms with Crippen LogP contribution in [0.25, 0.3) is 0 Å². The van der Waals surface area contributed by atoms with E-state index in [1.54, 1.807) is 0 Å². The van der Waals surface area contributed by atoms with Crippen molar-refractivity contribution in [1.82, 2.24) is 0 Å². The molecule has 4 nitrogen and oxygen atoms in total. The topological polar surface area (TPSA) is 77.4 Å². The first-order valence-electron chi connectivity index (χ1n) is 1.09. The molecule has 0 aromatic rings. The minimum atomic E-state index is -2.07. The molecule has 0 unspecified atom stereocenters. The first kappa shape index (κ1) is 16.1. The number of hydrogen-bond donors (Lipinski definition) is 1. The smallest absolute Gasteiger partial charge is 0.539 e. The number of hydrogen-bond acceptors (Lipinski definition) is 3. The van der Waals surface area contributed by atoms with E-state index in [9.17, 15) is 0 Å². The van der Waals surface area contributed by atoms with Crippen molar-refractivity contribution in [2.45, 2.75) is 0 Å². The van der Waals surface area contributed by atoms with Gasteiger partial charge >= 0.3 is 57.4 Å². The van der Waals surface area contributed by atoms with Gasteiger partial charge in [0.25, 0.3) is 0 Å². The maximum absolute atomic E-state index is 9.04. The quantitative estimate of drug-likeness (QED) is 0.295. The fourth-order valence-corrected chi connectivity index (χ4v) is 0. The van der Waals surface area contributed by atoms with Crippen LogP contribution in [0, 0.1) is 0 Å².